The number of hydrogen-bond donors (Lipinski definition) is 1. The number of nitrogens with zero attached hydrogens (tertiary/aromatic N) is 1. The molecule has 3 rings (SSSR count). The predicted molar refractivity (Wildman–Crippen MR) is 64.8 cm³/mol. The summed E-state index contributed by atoms with van der Waals surface area (Å²) in [5.41, 5.74) is 1.08. The lowest BCUT2D eigenvalue weighted by atomic mass is 9.69. The molecule has 1 heterocycles. The van der Waals surface area contributed by atoms with Crippen LogP contribution in [0, 0.1) is 5.92 Å². The van der Waals surface area contributed by atoms with E-state index in [2.05, 4.69) is 4.98 Å². The Kier molecular flexibility index (Phi) is 2.32. The Balaban J connectivity index is 2.09. The first-order chi connectivity index (χ1) is 8.27. The summed E-state index contributed by atoms with van der Waals surface area (Å²) < 4.78 is 0. The Morgan fingerprint density at radius 1 is 1.24 bits per heavy atom. The van der Waals surface area contributed by atoms with E-state index in [1.165, 1.54) is 0 Å². The van der Waals surface area contributed by atoms with Gasteiger partial charge >= 0.3 is 5.97 Å². The fourth-order valence-electron chi connectivity index (χ4n) is 2.60. The van der Waals surface area contributed by atoms with Gasteiger partial charge in [-0.15, -0.1) is 0 Å². The van der Waals surface area contributed by atoms with Crippen molar-refractivity contribution in [2.45, 2.75) is 18.8 Å². The highest BCUT2D eigenvalue weighted by Crippen LogP contribution is 2.44. The number of hydrogen-bond acceptors (Lipinski definition) is 2. The van der Waals surface area contributed by atoms with E-state index in [0.717, 1.165) is 29.2 Å². The van der Waals surface area contributed by atoms with Crippen LogP contribution in [-0.4, -0.2) is 16.1 Å². The summed E-state index contributed by atoms with van der Waals surface area (Å²) in [6, 6.07) is 8.02. The largest absolute Gasteiger partial charge is 0.481 e. The number of pyridine rings is 1. The van der Waals surface area contributed by atoms with E-state index in [1.54, 1.807) is 0 Å². The normalized spacial score (nSPS) is 23.3. The van der Waals surface area contributed by atoms with Gasteiger partial charge in [0, 0.05) is 17.8 Å². The first kappa shape index (κ1) is 10.3. The predicted octanol–water partition coefficient (Wildman–Crippen LogP) is 2.81. The third-order valence-electron chi connectivity index (χ3n) is 3.69. The van der Waals surface area contributed by atoms with Crippen molar-refractivity contribution in [3.8, 4) is 0 Å². The molecular weight excluding hydrogens is 214 g/mol. The van der Waals surface area contributed by atoms with Gasteiger partial charge in [0.25, 0.3) is 0 Å². The average molecular weight is 227 g/mol. The molecule has 1 aliphatic carbocycles. The van der Waals surface area contributed by atoms with Crippen LogP contribution in [0.4, 0.5) is 0 Å². The summed E-state index contributed by atoms with van der Waals surface area (Å²) >= 11 is 0. The molecule has 1 saturated carbocycles. The van der Waals surface area contributed by atoms with E-state index < -0.39 is 5.97 Å². The first-order valence-corrected chi connectivity index (χ1v) is 5.83. The van der Waals surface area contributed by atoms with E-state index in [-0.39, 0.29) is 11.8 Å². The lowest BCUT2D eigenvalue weighted by Gasteiger charge is -2.34. The van der Waals surface area contributed by atoms with Crippen LogP contribution in [0.1, 0.15) is 24.3 Å². The third-order valence-corrected chi connectivity index (χ3v) is 3.69. The van der Waals surface area contributed by atoms with E-state index in [1.807, 2.05) is 36.7 Å². The van der Waals surface area contributed by atoms with Gasteiger partial charge in [0.2, 0.25) is 0 Å². The van der Waals surface area contributed by atoms with Gasteiger partial charge in [-0.1, -0.05) is 24.3 Å². The molecule has 0 bridgehead atoms. The number of carbonyl (C=O) groups is 1. The Morgan fingerprint density at radius 2 is 2.06 bits per heavy atom. The summed E-state index contributed by atoms with van der Waals surface area (Å²) in [5, 5.41) is 11.3. The minimum atomic E-state index is -0.686. The molecule has 0 radical (unpaired) electrons. The van der Waals surface area contributed by atoms with Gasteiger partial charge < -0.3 is 5.11 Å². The van der Waals surface area contributed by atoms with Gasteiger partial charge in [0.1, 0.15) is 0 Å². The highest BCUT2D eigenvalue weighted by molar-refractivity contribution is 5.86. The number of carboxylic acid groups (broad SMARTS) is 1. The number of fused-ring (bicyclic) bond motifs is 1. The van der Waals surface area contributed by atoms with Crippen LogP contribution in [0.25, 0.3) is 10.8 Å². The van der Waals surface area contributed by atoms with Crippen molar-refractivity contribution in [3.05, 3.63) is 42.2 Å². The highest BCUT2D eigenvalue weighted by Gasteiger charge is 2.38. The average Bonchev–Trinajstić information content (AvgIpc) is 2.27. The lowest BCUT2D eigenvalue weighted by Crippen LogP contribution is -2.31. The van der Waals surface area contributed by atoms with Gasteiger partial charge in [0.15, 0.2) is 0 Å². The molecule has 1 aromatic heterocycles. The van der Waals surface area contributed by atoms with Gasteiger partial charge in [0.05, 0.1) is 5.92 Å². The van der Waals surface area contributed by atoms with Crippen molar-refractivity contribution in [2.75, 3.05) is 0 Å². The Bertz CT molecular complexity index is 574. The number of carboxylic acids is 1. The van der Waals surface area contributed by atoms with Crippen LogP contribution in [-0.2, 0) is 4.79 Å². The molecule has 2 atom stereocenters. The standard InChI is InChI=1S/C14H13NO2/c16-14(17)12-6-5-11(12)13-8-15-7-9-3-1-2-4-10(9)13/h1-4,7-8,11-12H,5-6H2,(H,16,17). The monoisotopic (exact) mass is 227 g/mol. The van der Waals surface area contributed by atoms with Crippen LogP contribution in [0.15, 0.2) is 36.7 Å². The van der Waals surface area contributed by atoms with Gasteiger partial charge in [-0.05, 0) is 29.7 Å². The maximum atomic E-state index is 11.1. The molecule has 1 aliphatic rings. The molecule has 0 amide bonds. The summed E-state index contributed by atoms with van der Waals surface area (Å²) in [5.74, 6) is -0.789. The van der Waals surface area contributed by atoms with Crippen molar-refractivity contribution in [3.63, 3.8) is 0 Å². The SMILES string of the molecule is O=C(O)C1CCC1c1cncc2ccccc12. The maximum absolute atomic E-state index is 11.1. The second-order valence-electron chi connectivity index (χ2n) is 4.58. The molecule has 0 saturated heterocycles. The van der Waals surface area contributed by atoms with Crippen LogP contribution in [0.5, 0.6) is 0 Å². The van der Waals surface area contributed by atoms with E-state index >= 15 is 0 Å². The molecule has 2 unspecified atom stereocenters. The summed E-state index contributed by atoms with van der Waals surface area (Å²) in [4.78, 5) is 15.3. The van der Waals surface area contributed by atoms with Crippen molar-refractivity contribution >= 4 is 16.7 Å². The van der Waals surface area contributed by atoms with E-state index in [9.17, 15) is 4.79 Å². The zero-order valence-electron chi connectivity index (χ0n) is 9.34. The maximum Gasteiger partial charge on any atom is 0.307 e. The number of benzene rings is 1. The smallest absolute Gasteiger partial charge is 0.307 e. The van der Waals surface area contributed by atoms with Crippen molar-refractivity contribution in [1.29, 1.82) is 0 Å². The highest BCUT2D eigenvalue weighted by atomic mass is 16.4. The molecule has 86 valence electrons. The molecule has 0 aliphatic heterocycles. The van der Waals surface area contributed by atoms with Crippen molar-refractivity contribution < 1.29 is 9.90 Å². The summed E-state index contributed by atoms with van der Waals surface area (Å²) in [6.07, 6.45) is 5.38. The quantitative estimate of drug-likeness (QED) is 0.858. The number of aromatic nitrogens is 1. The van der Waals surface area contributed by atoms with Crippen LogP contribution in [0.2, 0.25) is 0 Å². The number of rotatable bonds is 2. The summed E-state index contributed by atoms with van der Waals surface area (Å²) in [6.45, 7) is 0. The Labute approximate surface area is 99.1 Å². The second kappa shape index (κ2) is 3.84. The van der Waals surface area contributed by atoms with Gasteiger partial charge in [-0.25, -0.2) is 0 Å². The second-order valence-corrected chi connectivity index (χ2v) is 4.58. The molecule has 2 aromatic rings. The van der Waals surface area contributed by atoms with E-state index in [0.29, 0.717) is 0 Å². The minimum absolute atomic E-state index is 0.131. The lowest BCUT2D eigenvalue weighted by molar-refractivity contribution is -0.145. The van der Waals surface area contributed by atoms with Crippen LogP contribution in [0.3, 0.4) is 0 Å². The summed E-state index contributed by atoms with van der Waals surface area (Å²) in [7, 11) is 0. The Morgan fingerprint density at radius 3 is 2.76 bits per heavy atom. The molecular formula is C14H13NO2. The third kappa shape index (κ3) is 1.58. The van der Waals surface area contributed by atoms with E-state index in [4.69, 9.17) is 5.11 Å². The zero-order chi connectivity index (χ0) is 11.8. The fraction of sp³-hybridized carbons (Fsp3) is 0.286. The van der Waals surface area contributed by atoms with Crippen LogP contribution < -0.4 is 0 Å². The topological polar surface area (TPSA) is 50.2 Å². The number of aliphatic carboxylic acids is 1. The molecule has 1 aromatic carbocycles. The Hall–Kier alpha value is -1.90. The van der Waals surface area contributed by atoms with Gasteiger partial charge in [-0.2, -0.15) is 0 Å². The van der Waals surface area contributed by atoms with Gasteiger partial charge in [-0.3, -0.25) is 9.78 Å². The fourth-order valence-corrected chi connectivity index (χ4v) is 2.60. The van der Waals surface area contributed by atoms with Crippen molar-refractivity contribution in [2.24, 2.45) is 5.92 Å². The zero-order valence-corrected chi connectivity index (χ0v) is 9.34. The van der Waals surface area contributed by atoms with Crippen molar-refractivity contribution in [1.82, 2.24) is 4.98 Å². The first-order valence-electron chi connectivity index (χ1n) is 5.83. The molecule has 1 N–H and O–H groups in total. The molecule has 0 spiro atoms. The molecule has 3 nitrogen and oxygen atoms in total. The minimum Gasteiger partial charge on any atom is -0.481 e. The molecule has 3 heteroatoms. The van der Waals surface area contributed by atoms with Crippen LogP contribution >= 0.6 is 0 Å². The molecule has 1 fully saturated rings. The molecule has 17 heavy (non-hydrogen) atoms.